The lowest BCUT2D eigenvalue weighted by molar-refractivity contribution is 0.392. The summed E-state index contributed by atoms with van der Waals surface area (Å²) in [5.74, 6) is 1.27. The molecule has 1 aliphatic heterocycles. The molecule has 0 bridgehead atoms. The number of nitrogens with one attached hydrogen (secondary N) is 1. The number of ether oxygens (including phenoxy) is 1. The van der Waals surface area contributed by atoms with Gasteiger partial charge in [0.05, 0.1) is 7.11 Å². The smallest absolute Gasteiger partial charge is 0.126 e. The van der Waals surface area contributed by atoms with Gasteiger partial charge in [-0.25, -0.2) is 4.39 Å². The van der Waals surface area contributed by atoms with Gasteiger partial charge in [0.15, 0.2) is 0 Å². The molecule has 0 aromatic heterocycles. The first-order valence-corrected chi connectivity index (χ1v) is 7.38. The number of rotatable bonds is 3. The van der Waals surface area contributed by atoms with E-state index in [1.54, 1.807) is 19.2 Å². The van der Waals surface area contributed by atoms with Crippen LogP contribution in [0, 0.1) is 5.82 Å². The van der Waals surface area contributed by atoms with Crippen molar-refractivity contribution in [3.63, 3.8) is 0 Å². The highest BCUT2D eigenvalue weighted by atomic mass is 19.1. The summed E-state index contributed by atoms with van der Waals surface area (Å²) in [7, 11) is 1.67. The lowest BCUT2D eigenvalue weighted by Crippen LogP contribution is -2.34. The molecule has 0 saturated carbocycles. The van der Waals surface area contributed by atoms with E-state index in [9.17, 15) is 4.39 Å². The van der Waals surface area contributed by atoms with E-state index in [-0.39, 0.29) is 11.7 Å². The van der Waals surface area contributed by atoms with Crippen LogP contribution in [0.25, 0.3) is 0 Å². The van der Waals surface area contributed by atoms with Gasteiger partial charge in [0, 0.05) is 12.5 Å². The first kappa shape index (κ1) is 14.1. The van der Waals surface area contributed by atoms with Crippen molar-refractivity contribution in [1.82, 2.24) is 5.32 Å². The van der Waals surface area contributed by atoms with E-state index in [4.69, 9.17) is 4.74 Å². The van der Waals surface area contributed by atoms with Crippen LogP contribution >= 0.6 is 0 Å². The number of methoxy groups -OCH3 is 1. The molecule has 21 heavy (non-hydrogen) atoms. The average molecular weight is 285 g/mol. The van der Waals surface area contributed by atoms with Crippen LogP contribution in [-0.2, 0) is 0 Å². The fraction of sp³-hybridized carbons (Fsp3) is 0.333. The molecule has 1 aliphatic rings. The van der Waals surface area contributed by atoms with Gasteiger partial charge in [0.25, 0.3) is 0 Å². The number of benzene rings is 2. The minimum atomic E-state index is -0.107. The van der Waals surface area contributed by atoms with Crippen molar-refractivity contribution in [2.24, 2.45) is 0 Å². The van der Waals surface area contributed by atoms with E-state index in [1.807, 2.05) is 24.3 Å². The van der Waals surface area contributed by atoms with Crippen LogP contribution in [0.2, 0.25) is 0 Å². The van der Waals surface area contributed by atoms with Gasteiger partial charge >= 0.3 is 0 Å². The molecule has 110 valence electrons. The molecular weight excluding hydrogens is 265 g/mol. The van der Waals surface area contributed by atoms with Gasteiger partial charge in [-0.3, -0.25) is 0 Å². The molecule has 1 saturated heterocycles. The van der Waals surface area contributed by atoms with Gasteiger partial charge in [-0.05, 0) is 48.2 Å². The quantitative estimate of drug-likeness (QED) is 0.928. The minimum Gasteiger partial charge on any atom is -0.497 e. The predicted molar refractivity (Wildman–Crippen MR) is 82.4 cm³/mol. The zero-order valence-corrected chi connectivity index (χ0v) is 12.2. The Morgan fingerprint density at radius 3 is 2.52 bits per heavy atom. The van der Waals surface area contributed by atoms with Crippen molar-refractivity contribution >= 4 is 0 Å². The molecule has 2 aromatic rings. The van der Waals surface area contributed by atoms with Crippen molar-refractivity contribution in [2.75, 3.05) is 20.2 Å². The SMILES string of the molecule is COc1ccc(C2CCNCC2c2ccccc2F)cc1. The maximum Gasteiger partial charge on any atom is 0.126 e. The lowest BCUT2D eigenvalue weighted by atomic mass is 9.77. The van der Waals surface area contributed by atoms with Gasteiger partial charge in [-0.2, -0.15) is 0 Å². The van der Waals surface area contributed by atoms with Gasteiger partial charge in [-0.15, -0.1) is 0 Å². The van der Waals surface area contributed by atoms with Gasteiger partial charge in [0.1, 0.15) is 11.6 Å². The summed E-state index contributed by atoms with van der Waals surface area (Å²) in [4.78, 5) is 0. The molecule has 1 N–H and O–H groups in total. The third kappa shape index (κ3) is 2.93. The van der Waals surface area contributed by atoms with Crippen LogP contribution in [0.15, 0.2) is 48.5 Å². The maximum absolute atomic E-state index is 14.1. The van der Waals surface area contributed by atoms with Crippen LogP contribution in [0.4, 0.5) is 4.39 Å². The molecule has 2 atom stereocenters. The predicted octanol–water partition coefficient (Wildman–Crippen LogP) is 3.70. The summed E-state index contributed by atoms with van der Waals surface area (Å²) in [5, 5.41) is 3.39. The fourth-order valence-corrected chi connectivity index (χ4v) is 3.21. The summed E-state index contributed by atoms with van der Waals surface area (Å²) in [5.41, 5.74) is 2.07. The molecule has 0 aliphatic carbocycles. The topological polar surface area (TPSA) is 21.3 Å². The molecule has 3 heteroatoms. The average Bonchev–Trinajstić information content (AvgIpc) is 2.55. The molecule has 1 fully saturated rings. The summed E-state index contributed by atoms with van der Waals surface area (Å²) in [6.07, 6.45) is 1.02. The standard InChI is InChI=1S/C18H20FNO/c1-21-14-8-6-13(7-9-14)15-10-11-20-12-17(15)16-4-2-3-5-18(16)19/h2-9,15,17,20H,10-12H2,1H3. The molecule has 3 rings (SSSR count). The van der Waals surface area contributed by atoms with E-state index in [1.165, 1.54) is 5.56 Å². The van der Waals surface area contributed by atoms with E-state index < -0.39 is 0 Å². The molecule has 2 nitrogen and oxygen atoms in total. The Morgan fingerprint density at radius 2 is 1.81 bits per heavy atom. The maximum atomic E-state index is 14.1. The van der Waals surface area contributed by atoms with Gasteiger partial charge in [-0.1, -0.05) is 30.3 Å². The van der Waals surface area contributed by atoms with E-state index >= 15 is 0 Å². The number of piperidine rings is 1. The van der Waals surface area contributed by atoms with E-state index in [2.05, 4.69) is 17.4 Å². The molecule has 2 unspecified atom stereocenters. The van der Waals surface area contributed by atoms with Crippen LogP contribution in [0.3, 0.4) is 0 Å². The third-order valence-corrected chi connectivity index (χ3v) is 4.33. The van der Waals surface area contributed by atoms with Crippen LogP contribution in [-0.4, -0.2) is 20.2 Å². The second kappa shape index (κ2) is 6.27. The monoisotopic (exact) mass is 285 g/mol. The second-order valence-electron chi connectivity index (χ2n) is 5.50. The normalized spacial score (nSPS) is 22.0. The van der Waals surface area contributed by atoms with Crippen LogP contribution in [0.5, 0.6) is 5.75 Å². The second-order valence-corrected chi connectivity index (χ2v) is 5.50. The number of hydrogen-bond acceptors (Lipinski definition) is 2. The number of halogens is 1. The Kier molecular flexibility index (Phi) is 4.20. The fourth-order valence-electron chi connectivity index (χ4n) is 3.21. The van der Waals surface area contributed by atoms with E-state index in [0.717, 1.165) is 30.8 Å². The first-order valence-electron chi connectivity index (χ1n) is 7.38. The van der Waals surface area contributed by atoms with Crippen molar-refractivity contribution in [1.29, 1.82) is 0 Å². The summed E-state index contributed by atoms with van der Waals surface area (Å²) < 4.78 is 19.3. The minimum absolute atomic E-state index is 0.107. The highest BCUT2D eigenvalue weighted by molar-refractivity contribution is 5.34. The lowest BCUT2D eigenvalue weighted by Gasteiger charge is -2.33. The van der Waals surface area contributed by atoms with Crippen molar-refractivity contribution < 1.29 is 9.13 Å². The third-order valence-electron chi connectivity index (χ3n) is 4.33. The molecule has 0 amide bonds. The molecular formula is C18H20FNO. The molecule has 1 heterocycles. The molecule has 0 radical (unpaired) electrons. The van der Waals surface area contributed by atoms with Crippen molar-refractivity contribution in [3.05, 3.63) is 65.5 Å². The van der Waals surface area contributed by atoms with E-state index in [0.29, 0.717) is 5.92 Å². The molecule has 0 spiro atoms. The Morgan fingerprint density at radius 1 is 1.05 bits per heavy atom. The molecule has 2 aromatic carbocycles. The first-order chi connectivity index (χ1) is 10.3. The Balaban J connectivity index is 1.92. The number of hydrogen-bond donors (Lipinski definition) is 1. The van der Waals surface area contributed by atoms with Crippen LogP contribution in [0.1, 0.15) is 29.4 Å². The largest absolute Gasteiger partial charge is 0.497 e. The summed E-state index contributed by atoms with van der Waals surface area (Å²) in [6, 6.07) is 15.3. The Hall–Kier alpha value is -1.87. The van der Waals surface area contributed by atoms with Crippen molar-refractivity contribution in [2.45, 2.75) is 18.3 Å². The highest BCUT2D eigenvalue weighted by Gasteiger charge is 2.29. The van der Waals surface area contributed by atoms with Crippen molar-refractivity contribution in [3.8, 4) is 5.75 Å². The van der Waals surface area contributed by atoms with Gasteiger partial charge < -0.3 is 10.1 Å². The summed E-state index contributed by atoms with van der Waals surface area (Å²) >= 11 is 0. The summed E-state index contributed by atoms with van der Waals surface area (Å²) in [6.45, 7) is 1.79. The highest BCUT2D eigenvalue weighted by Crippen LogP contribution is 2.38. The zero-order chi connectivity index (χ0) is 14.7. The van der Waals surface area contributed by atoms with Gasteiger partial charge in [0.2, 0.25) is 0 Å². The zero-order valence-electron chi connectivity index (χ0n) is 12.2. The van der Waals surface area contributed by atoms with Crippen LogP contribution < -0.4 is 10.1 Å². The Labute approximate surface area is 125 Å². The Bertz CT molecular complexity index is 596.